The molecule has 0 aliphatic rings. The van der Waals surface area contributed by atoms with Gasteiger partial charge in [0, 0.05) is 11.8 Å². The van der Waals surface area contributed by atoms with Crippen LogP contribution in [0.5, 0.6) is 0 Å². The van der Waals surface area contributed by atoms with Crippen LogP contribution in [0.15, 0.2) is 0 Å². The Bertz CT molecular complexity index is 130. The number of hydrogen-bond acceptors (Lipinski definition) is 2. The van der Waals surface area contributed by atoms with Crippen LogP contribution in [0.25, 0.3) is 0 Å². The van der Waals surface area contributed by atoms with Crippen LogP contribution in [0, 0.1) is 0 Å². The highest BCUT2D eigenvalue weighted by Gasteiger charge is 2.26. The second kappa shape index (κ2) is 5.02. The zero-order valence-electron chi connectivity index (χ0n) is 7.56. The molecule has 0 aromatic carbocycles. The average molecular weight is 200 g/mol. The minimum Gasteiger partial charge on any atom is -0.448 e. The van der Waals surface area contributed by atoms with Crippen molar-refractivity contribution >= 4 is 18.7 Å². The molecule has 0 aromatic heterocycles. The van der Waals surface area contributed by atoms with E-state index in [1.54, 1.807) is 18.7 Å². The Balaban J connectivity index is 3.78. The van der Waals surface area contributed by atoms with E-state index in [-0.39, 0.29) is 6.04 Å². The van der Waals surface area contributed by atoms with E-state index in [1.807, 2.05) is 6.26 Å². The third kappa shape index (κ3) is 5.77. The summed E-state index contributed by atoms with van der Waals surface area (Å²) in [5.41, 5.74) is 0. The molecule has 1 atom stereocenters. The number of thioether (sulfide) groups is 1. The zero-order chi connectivity index (χ0) is 9.78. The van der Waals surface area contributed by atoms with E-state index in [0.29, 0.717) is 0 Å². The SMILES string of the molecule is CSCC(C)N(C)C[B-](F)(F)F. The second-order valence-corrected chi connectivity index (χ2v) is 3.86. The van der Waals surface area contributed by atoms with E-state index in [2.05, 4.69) is 0 Å². The van der Waals surface area contributed by atoms with Crippen LogP contribution < -0.4 is 0 Å². The summed E-state index contributed by atoms with van der Waals surface area (Å²) in [4.78, 5) is 1.34. The summed E-state index contributed by atoms with van der Waals surface area (Å²) >= 11 is 1.56. The van der Waals surface area contributed by atoms with E-state index in [9.17, 15) is 12.9 Å². The van der Waals surface area contributed by atoms with Gasteiger partial charge < -0.3 is 17.8 Å². The molecule has 0 bridgehead atoms. The molecule has 1 nitrogen and oxygen atoms in total. The van der Waals surface area contributed by atoms with E-state index >= 15 is 0 Å². The van der Waals surface area contributed by atoms with Gasteiger partial charge in [0.05, 0.1) is 0 Å². The summed E-state index contributed by atoms with van der Waals surface area (Å²) in [5.74, 6) is 0.739. The predicted octanol–water partition coefficient (Wildman–Crippen LogP) is 2.06. The smallest absolute Gasteiger partial charge is 0.448 e. The minimum atomic E-state index is -4.67. The molecule has 0 saturated carbocycles. The number of hydrogen-bond donors (Lipinski definition) is 0. The first-order valence-electron chi connectivity index (χ1n) is 3.77. The molecule has 0 N–H and O–H groups in total. The van der Waals surface area contributed by atoms with Crippen molar-refractivity contribution in [2.75, 3.05) is 25.5 Å². The minimum absolute atomic E-state index is 0.0106. The van der Waals surface area contributed by atoms with E-state index in [1.165, 1.54) is 11.9 Å². The third-order valence-electron chi connectivity index (χ3n) is 1.66. The van der Waals surface area contributed by atoms with Crippen molar-refractivity contribution in [3.8, 4) is 0 Å². The highest BCUT2D eigenvalue weighted by molar-refractivity contribution is 7.98. The molecule has 0 aromatic rings. The zero-order valence-corrected chi connectivity index (χ0v) is 8.37. The molecule has 1 unspecified atom stereocenters. The predicted molar refractivity (Wildman–Crippen MR) is 49.6 cm³/mol. The van der Waals surface area contributed by atoms with Gasteiger partial charge >= 0.3 is 6.98 Å². The highest BCUT2D eigenvalue weighted by Crippen LogP contribution is 2.12. The normalized spacial score (nSPS) is 15.2. The molecular formula is C6H14BF3NS-. The average Bonchev–Trinajstić information content (AvgIpc) is 1.84. The lowest BCUT2D eigenvalue weighted by atomic mass is 9.91. The maximum atomic E-state index is 11.9. The lowest BCUT2D eigenvalue weighted by Crippen LogP contribution is -2.41. The van der Waals surface area contributed by atoms with Crippen LogP contribution in [0.3, 0.4) is 0 Å². The van der Waals surface area contributed by atoms with E-state index < -0.39 is 13.4 Å². The Morgan fingerprint density at radius 2 is 1.92 bits per heavy atom. The van der Waals surface area contributed by atoms with Gasteiger partial charge in [-0.25, -0.2) is 0 Å². The summed E-state index contributed by atoms with van der Waals surface area (Å²) in [6.45, 7) is -2.87. The maximum absolute atomic E-state index is 11.9. The monoisotopic (exact) mass is 200 g/mol. The third-order valence-corrected chi connectivity index (χ3v) is 2.47. The molecule has 0 spiro atoms. The number of halogens is 3. The van der Waals surface area contributed by atoms with Crippen molar-refractivity contribution in [3.63, 3.8) is 0 Å². The fraction of sp³-hybridized carbons (Fsp3) is 1.00. The second-order valence-electron chi connectivity index (χ2n) is 2.95. The van der Waals surface area contributed by atoms with Crippen molar-refractivity contribution in [3.05, 3.63) is 0 Å². The Kier molecular flexibility index (Phi) is 5.09. The molecule has 0 amide bonds. The van der Waals surface area contributed by atoms with Crippen molar-refractivity contribution in [1.29, 1.82) is 0 Å². The standard InChI is InChI=1S/C6H14BF3NS/c1-6(4-12-3)11(2)5-7(8,9)10/h6H,4-5H2,1-3H3/q-1. The first-order valence-corrected chi connectivity index (χ1v) is 5.16. The maximum Gasteiger partial charge on any atom is 0.492 e. The molecule has 0 heterocycles. The first-order chi connectivity index (χ1) is 5.37. The largest absolute Gasteiger partial charge is 0.492 e. The molecule has 0 fully saturated rings. The number of rotatable bonds is 5. The van der Waals surface area contributed by atoms with Crippen molar-refractivity contribution in [1.82, 2.24) is 4.90 Å². The lowest BCUT2D eigenvalue weighted by molar-refractivity contribution is 0.282. The molecule has 0 saturated heterocycles. The summed E-state index contributed by atoms with van der Waals surface area (Å²) in [6.07, 6.45) is 1.13. The molecule has 6 heteroatoms. The van der Waals surface area contributed by atoms with Crippen molar-refractivity contribution in [2.24, 2.45) is 0 Å². The molecule has 74 valence electrons. The molecule has 0 rings (SSSR count). The van der Waals surface area contributed by atoms with Gasteiger partial charge in [0.2, 0.25) is 0 Å². The van der Waals surface area contributed by atoms with E-state index in [0.717, 1.165) is 5.75 Å². The fourth-order valence-electron chi connectivity index (χ4n) is 0.875. The van der Waals surface area contributed by atoms with Gasteiger partial charge in [0.15, 0.2) is 0 Å². The summed E-state index contributed by atoms with van der Waals surface area (Å²) in [6, 6.07) is -0.0106. The summed E-state index contributed by atoms with van der Waals surface area (Å²) in [5, 5.41) is 0. The van der Waals surface area contributed by atoms with Gasteiger partial charge in [-0.3, -0.25) is 0 Å². The molecule has 0 aliphatic carbocycles. The quantitative estimate of drug-likeness (QED) is 0.625. The Morgan fingerprint density at radius 3 is 2.25 bits per heavy atom. The summed E-state index contributed by atoms with van der Waals surface area (Å²) in [7, 11) is 1.51. The van der Waals surface area contributed by atoms with E-state index in [4.69, 9.17) is 0 Å². The van der Waals surface area contributed by atoms with Crippen LogP contribution in [-0.2, 0) is 0 Å². The molecule has 12 heavy (non-hydrogen) atoms. The van der Waals surface area contributed by atoms with Gasteiger partial charge in [0.25, 0.3) is 0 Å². The van der Waals surface area contributed by atoms with Crippen LogP contribution >= 0.6 is 11.8 Å². The van der Waals surface area contributed by atoms with Crippen molar-refractivity contribution < 1.29 is 12.9 Å². The topological polar surface area (TPSA) is 3.24 Å². The van der Waals surface area contributed by atoms with Gasteiger partial charge in [-0.2, -0.15) is 11.8 Å². The van der Waals surface area contributed by atoms with Crippen LogP contribution in [0.4, 0.5) is 12.9 Å². The Hall–Kier alpha value is 0.165. The van der Waals surface area contributed by atoms with Crippen LogP contribution in [0.1, 0.15) is 6.92 Å². The van der Waals surface area contributed by atoms with Gasteiger partial charge in [-0.05, 0) is 26.7 Å². The van der Waals surface area contributed by atoms with Gasteiger partial charge in [-0.15, -0.1) is 0 Å². The highest BCUT2D eigenvalue weighted by atomic mass is 32.2. The number of nitrogens with zero attached hydrogens (tertiary/aromatic N) is 1. The first kappa shape index (κ1) is 12.2. The van der Waals surface area contributed by atoms with Gasteiger partial charge in [0.1, 0.15) is 0 Å². The molecule has 0 aliphatic heterocycles. The van der Waals surface area contributed by atoms with Crippen molar-refractivity contribution in [2.45, 2.75) is 13.0 Å². The van der Waals surface area contributed by atoms with Gasteiger partial charge in [-0.1, -0.05) is 0 Å². The van der Waals surface area contributed by atoms with Crippen LogP contribution in [0.2, 0.25) is 0 Å². The molecular weight excluding hydrogens is 186 g/mol. The lowest BCUT2D eigenvalue weighted by Gasteiger charge is -2.28. The fourth-order valence-corrected chi connectivity index (χ4v) is 1.61. The van der Waals surface area contributed by atoms with Crippen LogP contribution in [-0.4, -0.2) is 43.4 Å². The Morgan fingerprint density at radius 1 is 1.42 bits per heavy atom. The molecule has 0 radical (unpaired) electrons. The summed E-state index contributed by atoms with van der Waals surface area (Å²) < 4.78 is 35.8. The Labute approximate surface area is 75.7 Å².